The van der Waals surface area contributed by atoms with Crippen LogP contribution in [0.3, 0.4) is 0 Å². The molecule has 24 heavy (non-hydrogen) atoms. The third-order valence-electron chi connectivity index (χ3n) is 3.47. The van der Waals surface area contributed by atoms with Crippen LogP contribution in [-0.2, 0) is 20.9 Å². The second-order valence-electron chi connectivity index (χ2n) is 5.20. The van der Waals surface area contributed by atoms with Crippen molar-refractivity contribution in [3.05, 3.63) is 59.7 Å². The number of hydrogen-bond acceptors (Lipinski definition) is 5. The molecule has 0 saturated carbocycles. The van der Waals surface area contributed by atoms with E-state index in [0.717, 1.165) is 5.56 Å². The summed E-state index contributed by atoms with van der Waals surface area (Å²) in [6, 6.07) is 15.0. The van der Waals surface area contributed by atoms with E-state index in [0.29, 0.717) is 36.9 Å². The number of carboxylic acids is 1. The quantitative estimate of drug-likeness (QED) is 0.841. The molecule has 1 N–H and O–H groups in total. The van der Waals surface area contributed by atoms with Gasteiger partial charge >= 0.3 is 5.97 Å². The summed E-state index contributed by atoms with van der Waals surface area (Å²) >= 11 is 0. The Labute approximate surface area is 139 Å². The van der Waals surface area contributed by atoms with Gasteiger partial charge in [-0.05, 0) is 17.7 Å². The van der Waals surface area contributed by atoms with Crippen molar-refractivity contribution in [1.82, 2.24) is 0 Å². The Hall–Kier alpha value is -2.57. The lowest BCUT2D eigenvalue weighted by Gasteiger charge is -2.19. The topological polar surface area (TPSA) is 74.2 Å². The lowest BCUT2D eigenvalue weighted by Crippen LogP contribution is -2.13. The van der Waals surface area contributed by atoms with Crippen LogP contribution in [0.1, 0.15) is 17.4 Å². The first-order chi connectivity index (χ1) is 11.7. The predicted molar refractivity (Wildman–Crippen MR) is 85.0 cm³/mol. The molecule has 0 spiro atoms. The van der Waals surface area contributed by atoms with Crippen LogP contribution in [0.25, 0.3) is 0 Å². The molecule has 0 radical (unpaired) electrons. The maximum Gasteiger partial charge on any atom is 0.341 e. The Morgan fingerprint density at radius 3 is 2.33 bits per heavy atom. The first-order valence-corrected chi connectivity index (χ1v) is 7.61. The molecule has 1 aliphatic rings. The molecule has 2 aromatic rings. The second-order valence-corrected chi connectivity index (χ2v) is 5.20. The fourth-order valence-electron chi connectivity index (χ4n) is 2.41. The smallest absolute Gasteiger partial charge is 0.341 e. The third-order valence-corrected chi connectivity index (χ3v) is 3.47. The Bertz CT molecular complexity index is 679. The highest BCUT2D eigenvalue weighted by atomic mass is 16.7. The lowest BCUT2D eigenvalue weighted by atomic mass is 10.1. The third kappa shape index (κ3) is 4.04. The molecule has 126 valence electrons. The van der Waals surface area contributed by atoms with Gasteiger partial charge in [-0.15, -0.1) is 0 Å². The van der Waals surface area contributed by atoms with Gasteiger partial charge in [0.05, 0.1) is 18.8 Å². The number of benzene rings is 2. The molecule has 0 atom stereocenters. The van der Waals surface area contributed by atoms with Crippen molar-refractivity contribution in [2.75, 3.05) is 19.8 Å². The van der Waals surface area contributed by atoms with Gasteiger partial charge in [0.25, 0.3) is 0 Å². The van der Waals surface area contributed by atoms with Crippen molar-refractivity contribution in [1.29, 1.82) is 0 Å². The molecule has 6 heteroatoms. The minimum absolute atomic E-state index is 0.378. The first kappa shape index (κ1) is 16.3. The SMILES string of the molecule is O=C(O)COc1cccc(OCc2ccccc2)c1C1OCCO1. The average molecular weight is 330 g/mol. The summed E-state index contributed by atoms with van der Waals surface area (Å²) < 4.78 is 22.4. The standard InChI is InChI=1S/C18H18O6/c19-16(20)12-24-15-8-4-7-14(17(15)18-21-9-10-22-18)23-11-13-5-2-1-3-6-13/h1-8,18H,9-12H2,(H,19,20). The summed E-state index contributed by atoms with van der Waals surface area (Å²) in [5.41, 5.74) is 1.60. The summed E-state index contributed by atoms with van der Waals surface area (Å²) in [5.74, 6) is -0.117. The molecule has 0 aromatic heterocycles. The van der Waals surface area contributed by atoms with Gasteiger partial charge in [0.2, 0.25) is 0 Å². The van der Waals surface area contributed by atoms with Crippen LogP contribution in [0.4, 0.5) is 0 Å². The molecule has 2 aromatic carbocycles. The van der Waals surface area contributed by atoms with E-state index in [1.807, 2.05) is 30.3 Å². The van der Waals surface area contributed by atoms with Crippen LogP contribution in [0.5, 0.6) is 11.5 Å². The minimum atomic E-state index is -1.05. The van der Waals surface area contributed by atoms with Gasteiger partial charge in [0.15, 0.2) is 12.9 Å². The lowest BCUT2D eigenvalue weighted by molar-refractivity contribution is -0.139. The van der Waals surface area contributed by atoms with Crippen molar-refractivity contribution in [2.45, 2.75) is 12.9 Å². The molecular weight excluding hydrogens is 312 g/mol. The van der Waals surface area contributed by atoms with Gasteiger partial charge in [-0.1, -0.05) is 36.4 Å². The van der Waals surface area contributed by atoms with Crippen molar-refractivity contribution in [3.8, 4) is 11.5 Å². The second kappa shape index (κ2) is 7.81. The summed E-state index contributed by atoms with van der Waals surface area (Å²) in [5, 5.41) is 8.83. The fraction of sp³-hybridized carbons (Fsp3) is 0.278. The zero-order chi connectivity index (χ0) is 16.8. The molecule has 1 aliphatic heterocycles. The largest absolute Gasteiger partial charge is 0.488 e. The van der Waals surface area contributed by atoms with Crippen LogP contribution in [-0.4, -0.2) is 30.9 Å². The molecular formula is C18H18O6. The van der Waals surface area contributed by atoms with E-state index < -0.39 is 18.9 Å². The molecule has 6 nitrogen and oxygen atoms in total. The average Bonchev–Trinajstić information content (AvgIpc) is 3.13. The molecule has 0 unspecified atom stereocenters. The monoisotopic (exact) mass is 330 g/mol. The van der Waals surface area contributed by atoms with Crippen LogP contribution in [0, 0.1) is 0 Å². The van der Waals surface area contributed by atoms with Gasteiger partial charge in [0, 0.05) is 0 Å². The first-order valence-electron chi connectivity index (χ1n) is 7.61. The van der Waals surface area contributed by atoms with Gasteiger partial charge in [-0.25, -0.2) is 4.79 Å². The van der Waals surface area contributed by atoms with Gasteiger partial charge in [0.1, 0.15) is 18.1 Å². The highest BCUT2D eigenvalue weighted by Crippen LogP contribution is 2.38. The Morgan fingerprint density at radius 1 is 1.00 bits per heavy atom. The summed E-state index contributed by atoms with van der Waals surface area (Å²) in [6.45, 7) is 0.872. The predicted octanol–water partition coefficient (Wildman–Crippen LogP) is 2.77. The highest BCUT2D eigenvalue weighted by molar-refractivity contribution is 5.68. The fourth-order valence-corrected chi connectivity index (χ4v) is 2.41. The number of ether oxygens (including phenoxy) is 4. The number of hydrogen-bond donors (Lipinski definition) is 1. The van der Waals surface area contributed by atoms with E-state index in [9.17, 15) is 4.79 Å². The normalized spacial score (nSPS) is 14.5. The van der Waals surface area contributed by atoms with E-state index in [1.54, 1.807) is 18.2 Å². The maximum absolute atomic E-state index is 10.8. The molecule has 0 amide bonds. The Morgan fingerprint density at radius 2 is 1.67 bits per heavy atom. The van der Waals surface area contributed by atoms with Gasteiger partial charge in [-0.2, -0.15) is 0 Å². The number of rotatable bonds is 7. The zero-order valence-corrected chi connectivity index (χ0v) is 13.0. The number of aliphatic carboxylic acids is 1. The van der Waals surface area contributed by atoms with E-state index >= 15 is 0 Å². The van der Waals surface area contributed by atoms with Crippen LogP contribution in [0.2, 0.25) is 0 Å². The molecule has 0 aliphatic carbocycles. The highest BCUT2D eigenvalue weighted by Gasteiger charge is 2.26. The van der Waals surface area contributed by atoms with Crippen LogP contribution >= 0.6 is 0 Å². The van der Waals surface area contributed by atoms with E-state index in [-0.39, 0.29) is 0 Å². The van der Waals surface area contributed by atoms with Crippen LogP contribution in [0.15, 0.2) is 48.5 Å². The zero-order valence-electron chi connectivity index (χ0n) is 13.0. The van der Waals surface area contributed by atoms with E-state index in [1.165, 1.54) is 0 Å². The van der Waals surface area contributed by atoms with Crippen molar-refractivity contribution in [3.63, 3.8) is 0 Å². The Kier molecular flexibility index (Phi) is 5.30. The number of carbonyl (C=O) groups is 1. The van der Waals surface area contributed by atoms with E-state index in [4.69, 9.17) is 24.1 Å². The van der Waals surface area contributed by atoms with Crippen molar-refractivity contribution in [2.24, 2.45) is 0 Å². The summed E-state index contributed by atoms with van der Waals surface area (Å²) in [7, 11) is 0. The summed E-state index contributed by atoms with van der Waals surface area (Å²) in [4.78, 5) is 10.8. The van der Waals surface area contributed by atoms with Gasteiger partial charge in [-0.3, -0.25) is 0 Å². The molecule has 1 fully saturated rings. The minimum Gasteiger partial charge on any atom is -0.488 e. The molecule has 0 bridgehead atoms. The van der Waals surface area contributed by atoms with Gasteiger partial charge < -0.3 is 24.1 Å². The van der Waals surface area contributed by atoms with Crippen molar-refractivity contribution >= 4 is 5.97 Å². The molecule has 3 rings (SSSR count). The van der Waals surface area contributed by atoms with Crippen molar-refractivity contribution < 1.29 is 28.8 Å². The van der Waals surface area contributed by atoms with E-state index in [2.05, 4.69) is 0 Å². The van der Waals surface area contributed by atoms with Crippen LogP contribution < -0.4 is 9.47 Å². The molecule has 1 saturated heterocycles. The maximum atomic E-state index is 10.8. The number of carboxylic acid groups (broad SMARTS) is 1. The molecule has 1 heterocycles. The Balaban J connectivity index is 1.83. The summed E-state index contributed by atoms with van der Waals surface area (Å²) in [6.07, 6.45) is -0.624.